The maximum absolute atomic E-state index is 13.8. The fourth-order valence-electron chi connectivity index (χ4n) is 5.11. The molecule has 0 saturated carbocycles. The van der Waals surface area contributed by atoms with Crippen molar-refractivity contribution < 1.29 is 32.2 Å². The van der Waals surface area contributed by atoms with E-state index in [2.05, 4.69) is 9.84 Å². The van der Waals surface area contributed by atoms with Crippen LogP contribution in [-0.2, 0) is 0 Å². The summed E-state index contributed by atoms with van der Waals surface area (Å²) in [6.45, 7) is 0.385. The van der Waals surface area contributed by atoms with Crippen LogP contribution < -0.4 is 10.2 Å². The zero-order valence-electron chi connectivity index (χ0n) is 18.1. The number of amides is 1. The van der Waals surface area contributed by atoms with Gasteiger partial charge in [-0.05, 0) is 48.2 Å². The number of rotatable bonds is 4. The smallest absolute Gasteiger partial charge is 0.502 e. The molecular formula is C24H19F4N3O4. The average molecular weight is 489 g/mol. The Hall–Kier alpha value is -3.89. The molecule has 1 amide bonds. The highest BCUT2D eigenvalue weighted by Crippen LogP contribution is 2.46. The highest BCUT2D eigenvalue weighted by molar-refractivity contribution is 5.96. The lowest BCUT2D eigenvalue weighted by atomic mass is 9.80. The molecule has 1 fully saturated rings. The number of halogens is 4. The Morgan fingerprint density at radius 1 is 1.09 bits per heavy atom. The van der Waals surface area contributed by atoms with Gasteiger partial charge in [0.25, 0.3) is 5.91 Å². The molecule has 3 atom stereocenters. The minimum atomic E-state index is -4.90. The Kier molecular flexibility index (Phi) is 5.49. The van der Waals surface area contributed by atoms with E-state index in [1.807, 2.05) is 0 Å². The average Bonchev–Trinajstić information content (AvgIpc) is 3.29. The first-order chi connectivity index (χ1) is 16.6. The molecule has 5 rings (SSSR count). The first kappa shape index (κ1) is 22.9. The summed E-state index contributed by atoms with van der Waals surface area (Å²) in [5, 5.41) is 14.6. The van der Waals surface area contributed by atoms with Crippen molar-refractivity contribution in [1.82, 2.24) is 14.7 Å². The summed E-state index contributed by atoms with van der Waals surface area (Å²) in [4.78, 5) is 26.8. The van der Waals surface area contributed by atoms with Crippen LogP contribution in [0.1, 0.15) is 46.4 Å². The summed E-state index contributed by atoms with van der Waals surface area (Å²) in [5.74, 6) is -2.94. The van der Waals surface area contributed by atoms with Gasteiger partial charge in [0.15, 0.2) is 11.4 Å². The number of carbonyl (C=O) groups excluding carboxylic acids is 1. The van der Waals surface area contributed by atoms with Crippen molar-refractivity contribution in [1.29, 1.82) is 0 Å². The molecule has 2 aliphatic rings. The molecule has 0 bridgehead atoms. The van der Waals surface area contributed by atoms with E-state index < -0.39 is 53.0 Å². The minimum absolute atomic E-state index is 0.282. The topological polar surface area (TPSA) is 84.7 Å². The second kappa shape index (κ2) is 8.40. The zero-order valence-corrected chi connectivity index (χ0v) is 18.1. The van der Waals surface area contributed by atoms with Crippen molar-refractivity contribution in [2.45, 2.75) is 37.2 Å². The van der Waals surface area contributed by atoms with Crippen LogP contribution in [0.2, 0.25) is 0 Å². The van der Waals surface area contributed by atoms with E-state index in [1.165, 1.54) is 47.1 Å². The molecule has 3 heterocycles. The van der Waals surface area contributed by atoms with Crippen molar-refractivity contribution in [3.8, 4) is 11.5 Å². The first-order valence-corrected chi connectivity index (χ1v) is 10.9. The molecule has 0 spiro atoms. The van der Waals surface area contributed by atoms with E-state index in [4.69, 9.17) is 0 Å². The second-order valence-corrected chi connectivity index (χ2v) is 8.50. The number of carbonyl (C=O) groups is 1. The van der Waals surface area contributed by atoms with Crippen molar-refractivity contribution in [2.24, 2.45) is 0 Å². The third-order valence-corrected chi connectivity index (χ3v) is 6.45. The molecule has 182 valence electrons. The Labute approximate surface area is 196 Å². The molecular weight excluding hydrogens is 470 g/mol. The molecule has 2 aromatic carbocycles. The highest BCUT2D eigenvalue weighted by Gasteiger charge is 2.48. The standard InChI is InChI=1S/C24H19F4N3O4/c25-15-8-6-13(7-9-15)19(14-3-1-4-16(11-14)35-24(26,27)28)20-17-5-2-10-30(17)23(34)21-22(33)18(32)12-29-31(20)21/h1,3-4,6-9,11-12,17,19-20,33H,2,5,10H2/t17-,19-,20-/m1/s1. The molecule has 0 radical (unpaired) electrons. The number of hydrogen-bond acceptors (Lipinski definition) is 5. The van der Waals surface area contributed by atoms with E-state index in [1.54, 1.807) is 11.0 Å². The molecule has 1 N–H and O–H groups in total. The van der Waals surface area contributed by atoms with E-state index in [9.17, 15) is 32.3 Å². The van der Waals surface area contributed by atoms with Gasteiger partial charge in [-0.1, -0.05) is 24.3 Å². The summed E-state index contributed by atoms with van der Waals surface area (Å²) in [6, 6.07) is 9.77. The lowest BCUT2D eigenvalue weighted by Gasteiger charge is -2.42. The molecule has 35 heavy (non-hydrogen) atoms. The number of nitrogens with zero attached hydrogens (tertiary/aromatic N) is 3. The lowest BCUT2D eigenvalue weighted by molar-refractivity contribution is -0.274. The fraction of sp³-hybridized carbons (Fsp3) is 0.292. The summed E-state index contributed by atoms with van der Waals surface area (Å²) >= 11 is 0. The summed E-state index contributed by atoms with van der Waals surface area (Å²) in [5.41, 5.74) is -0.154. The highest BCUT2D eigenvalue weighted by atomic mass is 19.4. The van der Waals surface area contributed by atoms with Gasteiger partial charge in [-0.25, -0.2) is 4.39 Å². The normalized spacial score (nSPS) is 20.3. The SMILES string of the molecule is O=C1c2c(O)c(=O)cnn2[C@@H]([C@H](c2ccc(F)cc2)c2cccc(OC(F)(F)F)c2)[C@H]2CCCN12. The molecule has 0 aliphatic carbocycles. The minimum Gasteiger partial charge on any atom is -0.502 e. The van der Waals surface area contributed by atoms with E-state index >= 15 is 0 Å². The Morgan fingerprint density at radius 2 is 1.83 bits per heavy atom. The molecule has 1 aromatic heterocycles. The van der Waals surface area contributed by atoms with E-state index in [-0.39, 0.29) is 5.69 Å². The van der Waals surface area contributed by atoms with Gasteiger partial charge in [0, 0.05) is 12.5 Å². The van der Waals surface area contributed by atoms with Gasteiger partial charge in [-0.2, -0.15) is 5.10 Å². The molecule has 11 heteroatoms. The monoisotopic (exact) mass is 489 g/mol. The number of ether oxygens (including phenoxy) is 1. The number of hydrogen-bond donors (Lipinski definition) is 1. The van der Waals surface area contributed by atoms with Gasteiger partial charge < -0.3 is 14.7 Å². The molecule has 7 nitrogen and oxygen atoms in total. The van der Waals surface area contributed by atoms with Crippen molar-refractivity contribution in [2.75, 3.05) is 6.54 Å². The van der Waals surface area contributed by atoms with Crippen LogP contribution in [0.25, 0.3) is 0 Å². The van der Waals surface area contributed by atoms with Crippen LogP contribution in [-0.4, -0.2) is 44.6 Å². The van der Waals surface area contributed by atoms with Crippen LogP contribution in [0.3, 0.4) is 0 Å². The van der Waals surface area contributed by atoms with Crippen LogP contribution >= 0.6 is 0 Å². The maximum Gasteiger partial charge on any atom is 0.573 e. The van der Waals surface area contributed by atoms with Crippen LogP contribution in [0, 0.1) is 5.82 Å². The summed E-state index contributed by atoms with van der Waals surface area (Å²) in [7, 11) is 0. The number of aromatic hydroxyl groups is 1. The summed E-state index contributed by atoms with van der Waals surface area (Å²) < 4.78 is 57.9. The molecule has 3 aromatic rings. The third-order valence-electron chi connectivity index (χ3n) is 6.45. The predicted octanol–water partition coefficient (Wildman–Crippen LogP) is 3.98. The molecule has 1 saturated heterocycles. The largest absolute Gasteiger partial charge is 0.573 e. The molecule has 0 unspecified atom stereocenters. The Morgan fingerprint density at radius 3 is 2.54 bits per heavy atom. The van der Waals surface area contributed by atoms with Gasteiger partial charge in [-0.15, -0.1) is 13.2 Å². The first-order valence-electron chi connectivity index (χ1n) is 10.9. The van der Waals surface area contributed by atoms with Crippen molar-refractivity contribution in [3.05, 3.63) is 87.6 Å². The van der Waals surface area contributed by atoms with Crippen LogP contribution in [0.15, 0.2) is 59.5 Å². The van der Waals surface area contributed by atoms with Crippen molar-refractivity contribution >= 4 is 5.91 Å². The van der Waals surface area contributed by atoms with Crippen molar-refractivity contribution in [3.63, 3.8) is 0 Å². The Bertz CT molecular complexity index is 1340. The summed E-state index contributed by atoms with van der Waals surface area (Å²) in [6.07, 6.45) is -2.78. The predicted molar refractivity (Wildman–Crippen MR) is 115 cm³/mol. The molecule has 2 aliphatic heterocycles. The second-order valence-electron chi connectivity index (χ2n) is 8.50. The number of benzene rings is 2. The lowest BCUT2D eigenvalue weighted by Crippen LogP contribution is -2.50. The van der Waals surface area contributed by atoms with Crippen LogP contribution in [0.4, 0.5) is 17.6 Å². The fourth-order valence-corrected chi connectivity index (χ4v) is 5.11. The maximum atomic E-state index is 13.8. The van der Waals surface area contributed by atoms with E-state index in [0.29, 0.717) is 30.5 Å². The van der Waals surface area contributed by atoms with Gasteiger partial charge >= 0.3 is 6.36 Å². The Balaban J connectivity index is 1.73. The van der Waals surface area contributed by atoms with Gasteiger partial charge in [0.05, 0.1) is 18.3 Å². The number of aromatic nitrogens is 2. The third kappa shape index (κ3) is 4.11. The van der Waals surface area contributed by atoms with Gasteiger partial charge in [0.1, 0.15) is 11.6 Å². The number of alkyl halides is 3. The number of fused-ring (bicyclic) bond motifs is 2. The van der Waals surface area contributed by atoms with E-state index in [0.717, 1.165) is 6.20 Å². The zero-order chi connectivity index (χ0) is 24.9. The van der Waals surface area contributed by atoms with Gasteiger partial charge in [0.2, 0.25) is 5.43 Å². The quantitative estimate of drug-likeness (QED) is 0.561. The van der Waals surface area contributed by atoms with Crippen LogP contribution in [0.5, 0.6) is 11.5 Å². The van der Waals surface area contributed by atoms with Gasteiger partial charge in [-0.3, -0.25) is 14.3 Å².